The van der Waals surface area contributed by atoms with E-state index in [9.17, 15) is 24.6 Å². The second kappa shape index (κ2) is 11.1. The van der Waals surface area contributed by atoms with E-state index in [1.54, 1.807) is 51.1 Å². The van der Waals surface area contributed by atoms with Crippen LogP contribution in [0, 0.1) is 16.7 Å². The standard InChI is InChI=1S/C27H31Cl2NO6/c1-26(2)20(11-12-27(26,3)25(34)35)24(33)30-17(14-23(31)32)13-16-7-9-18(10-8-16)36-15-19-21(28)5-4-6-22(19)29/h4-10,17,20H,11-15H2,1-3H3,(H,30,33)(H,31,32)(H,34,35)/t17-,20+,27-/m0/s1. The van der Waals surface area contributed by atoms with E-state index in [1.807, 2.05) is 12.1 Å². The van der Waals surface area contributed by atoms with Crippen molar-refractivity contribution in [2.24, 2.45) is 16.7 Å². The smallest absolute Gasteiger partial charge is 0.309 e. The maximum atomic E-state index is 13.1. The number of aliphatic carboxylic acids is 2. The van der Waals surface area contributed by atoms with E-state index < -0.39 is 34.7 Å². The molecule has 1 aliphatic carbocycles. The minimum atomic E-state index is -1.03. The zero-order valence-electron chi connectivity index (χ0n) is 20.5. The molecule has 194 valence electrons. The first-order chi connectivity index (χ1) is 16.8. The van der Waals surface area contributed by atoms with Gasteiger partial charge in [-0.3, -0.25) is 14.4 Å². The molecule has 36 heavy (non-hydrogen) atoms. The molecule has 0 aliphatic heterocycles. The van der Waals surface area contributed by atoms with Gasteiger partial charge in [0.25, 0.3) is 0 Å². The van der Waals surface area contributed by atoms with Crippen molar-refractivity contribution < 1.29 is 29.3 Å². The molecule has 3 rings (SSSR count). The number of amides is 1. The van der Waals surface area contributed by atoms with Crippen LogP contribution in [0.1, 0.15) is 51.2 Å². The molecule has 7 nitrogen and oxygen atoms in total. The minimum Gasteiger partial charge on any atom is -0.489 e. The van der Waals surface area contributed by atoms with Gasteiger partial charge in [0.2, 0.25) is 5.91 Å². The van der Waals surface area contributed by atoms with Gasteiger partial charge in [-0.05, 0) is 61.4 Å². The Labute approximate surface area is 220 Å². The number of rotatable bonds is 10. The summed E-state index contributed by atoms with van der Waals surface area (Å²) in [5, 5.41) is 23.0. The number of benzene rings is 2. The number of halogens is 2. The summed E-state index contributed by atoms with van der Waals surface area (Å²) in [7, 11) is 0. The van der Waals surface area contributed by atoms with Crippen LogP contribution in [-0.4, -0.2) is 34.1 Å². The summed E-state index contributed by atoms with van der Waals surface area (Å²) in [6.07, 6.45) is 0.872. The monoisotopic (exact) mass is 535 g/mol. The molecule has 0 heterocycles. The number of carboxylic acid groups (broad SMARTS) is 2. The largest absolute Gasteiger partial charge is 0.489 e. The third-order valence-corrected chi connectivity index (χ3v) is 8.34. The van der Waals surface area contributed by atoms with E-state index in [1.165, 1.54) is 0 Å². The third-order valence-electron chi connectivity index (χ3n) is 7.63. The Morgan fingerprint density at radius 1 is 1.06 bits per heavy atom. The van der Waals surface area contributed by atoms with Gasteiger partial charge in [0.1, 0.15) is 12.4 Å². The average molecular weight is 536 g/mol. The number of ether oxygens (including phenoxy) is 1. The van der Waals surface area contributed by atoms with Gasteiger partial charge in [0.15, 0.2) is 0 Å². The predicted octanol–water partition coefficient (Wildman–Crippen LogP) is 5.60. The van der Waals surface area contributed by atoms with Crippen LogP contribution in [0.2, 0.25) is 10.0 Å². The number of carbonyl (C=O) groups excluding carboxylic acids is 1. The quantitative estimate of drug-likeness (QED) is 0.364. The number of nitrogens with one attached hydrogen (secondary N) is 1. The van der Waals surface area contributed by atoms with Gasteiger partial charge < -0.3 is 20.3 Å². The Balaban J connectivity index is 1.66. The molecule has 1 amide bonds. The summed E-state index contributed by atoms with van der Waals surface area (Å²) in [6, 6.07) is 11.7. The fourth-order valence-corrected chi connectivity index (χ4v) is 5.37. The van der Waals surface area contributed by atoms with Gasteiger partial charge in [-0.1, -0.05) is 55.2 Å². The van der Waals surface area contributed by atoms with Gasteiger partial charge in [0.05, 0.1) is 11.8 Å². The van der Waals surface area contributed by atoms with Gasteiger partial charge >= 0.3 is 11.9 Å². The Bertz CT molecular complexity index is 1110. The second-order valence-corrected chi connectivity index (χ2v) is 10.9. The second-order valence-electron chi connectivity index (χ2n) is 10.1. The van der Waals surface area contributed by atoms with E-state index in [0.717, 1.165) is 5.56 Å². The lowest BCUT2D eigenvalue weighted by atomic mass is 9.65. The highest BCUT2D eigenvalue weighted by Gasteiger charge is 2.58. The number of carbonyl (C=O) groups is 3. The van der Waals surface area contributed by atoms with Crippen molar-refractivity contribution in [3.63, 3.8) is 0 Å². The molecule has 2 aromatic rings. The maximum absolute atomic E-state index is 13.1. The summed E-state index contributed by atoms with van der Waals surface area (Å²) >= 11 is 12.4. The highest BCUT2D eigenvalue weighted by atomic mass is 35.5. The fourth-order valence-electron chi connectivity index (χ4n) is 4.86. The zero-order valence-corrected chi connectivity index (χ0v) is 22.0. The lowest BCUT2D eigenvalue weighted by Gasteiger charge is -2.38. The summed E-state index contributed by atoms with van der Waals surface area (Å²) in [5.41, 5.74) is -0.296. The van der Waals surface area contributed by atoms with E-state index in [2.05, 4.69) is 5.32 Å². The van der Waals surface area contributed by atoms with Crippen LogP contribution >= 0.6 is 23.2 Å². The van der Waals surface area contributed by atoms with Crippen molar-refractivity contribution in [1.29, 1.82) is 0 Å². The van der Waals surface area contributed by atoms with Crippen molar-refractivity contribution in [3.05, 3.63) is 63.6 Å². The molecular weight excluding hydrogens is 505 g/mol. The first kappa shape index (κ1) is 27.8. The fraction of sp³-hybridized carbons (Fsp3) is 0.444. The van der Waals surface area contributed by atoms with Crippen molar-refractivity contribution in [2.45, 2.75) is 59.1 Å². The molecule has 3 N–H and O–H groups in total. The topological polar surface area (TPSA) is 113 Å². The molecule has 1 saturated carbocycles. The van der Waals surface area contributed by atoms with Gasteiger partial charge in [-0.15, -0.1) is 0 Å². The Kier molecular flexibility index (Phi) is 8.57. The predicted molar refractivity (Wildman–Crippen MR) is 137 cm³/mol. The molecule has 0 spiro atoms. The maximum Gasteiger partial charge on any atom is 0.309 e. The van der Waals surface area contributed by atoms with Crippen LogP contribution in [-0.2, 0) is 27.4 Å². The van der Waals surface area contributed by atoms with Crippen molar-refractivity contribution in [3.8, 4) is 5.75 Å². The molecule has 0 bridgehead atoms. The lowest BCUT2D eigenvalue weighted by molar-refractivity contribution is -0.155. The lowest BCUT2D eigenvalue weighted by Crippen LogP contribution is -2.48. The van der Waals surface area contributed by atoms with E-state index >= 15 is 0 Å². The summed E-state index contributed by atoms with van der Waals surface area (Å²) in [6.45, 7) is 5.45. The Morgan fingerprint density at radius 2 is 1.67 bits per heavy atom. The van der Waals surface area contributed by atoms with E-state index in [0.29, 0.717) is 40.6 Å². The van der Waals surface area contributed by atoms with Crippen LogP contribution in [0.5, 0.6) is 5.75 Å². The Hall–Kier alpha value is -2.77. The van der Waals surface area contributed by atoms with Crippen molar-refractivity contribution in [1.82, 2.24) is 5.32 Å². The van der Waals surface area contributed by atoms with Crippen molar-refractivity contribution >= 4 is 41.0 Å². The van der Waals surface area contributed by atoms with Gasteiger partial charge in [-0.25, -0.2) is 0 Å². The average Bonchev–Trinajstić information content (AvgIpc) is 3.04. The summed E-state index contributed by atoms with van der Waals surface area (Å²) in [5.74, 6) is -2.20. The summed E-state index contributed by atoms with van der Waals surface area (Å²) < 4.78 is 5.79. The molecule has 3 atom stereocenters. The number of hydrogen-bond donors (Lipinski definition) is 3. The minimum absolute atomic E-state index is 0.196. The summed E-state index contributed by atoms with van der Waals surface area (Å²) in [4.78, 5) is 36.5. The van der Waals surface area contributed by atoms with Crippen LogP contribution in [0.15, 0.2) is 42.5 Å². The molecule has 1 aliphatic rings. The number of hydrogen-bond acceptors (Lipinski definition) is 4. The molecule has 0 saturated heterocycles. The van der Waals surface area contributed by atoms with E-state index in [-0.39, 0.29) is 18.9 Å². The normalized spacial score (nSPS) is 21.5. The molecule has 0 unspecified atom stereocenters. The first-order valence-corrected chi connectivity index (χ1v) is 12.5. The van der Waals surface area contributed by atoms with Crippen LogP contribution < -0.4 is 10.1 Å². The van der Waals surface area contributed by atoms with Gasteiger partial charge in [-0.2, -0.15) is 0 Å². The third kappa shape index (κ3) is 5.95. The van der Waals surface area contributed by atoms with Crippen molar-refractivity contribution in [2.75, 3.05) is 0 Å². The van der Waals surface area contributed by atoms with Gasteiger partial charge in [0, 0.05) is 27.6 Å². The molecule has 0 aromatic heterocycles. The molecule has 0 radical (unpaired) electrons. The molecular formula is C27H31Cl2NO6. The molecule has 1 fully saturated rings. The Morgan fingerprint density at radius 3 is 2.19 bits per heavy atom. The van der Waals surface area contributed by atoms with Crippen LogP contribution in [0.3, 0.4) is 0 Å². The SMILES string of the molecule is CC1(C)[C@@H](C(=O)N[C@H](CC(=O)O)Cc2ccc(OCc3c(Cl)cccc3Cl)cc2)CC[C@@]1(C)C(=O)O. The molecule has 9 heteroatoms. The van der Waals surface area contributed by atoms with E-state index in [4.69, 9.17) is 27.9 Å². The number of carboxylic acids is 2. The first-order valence-electron chi connectivity index (χ1n) is 11.8. The van der Waals surface area contributed by atoms with Crippen LogP contribution in [0.25, 0.3) is 0 Å². The molecule has 2 aromatic carbocycles. The van der Waals surface area contributed by atoms with Crippen LogP contribution in [0.4, 0.5) is 0 Å². The highest BCUT2D eigenvalue weighted by Crippen LogP contribution is 2.56. The highest BCUT2D eigenvalue weighted by molar-refractivity contribution is 6.35. The zero-order chi connectivity index (χ0) is 26.7.